The van der Waals surface area contributed by atoms with Crippen molar-refractivity contribution in [2.24, 2.45) is 5.92 Å². The monoisotopic (exact) mass is 97.1 g/mol. The molecule has 1 aliphatic heterocycles. The van der Waals surface area contributed by atoms with E-state index in [-0.39, 0.29) is 0 Å². The van der Waals surface area contributed by atoms with E-state index in [0.717, 1.165) is 5.92 Å². The van der Waals surface area contributed by atoms with Crippen molar-refractivity contribution >= 4 is 0 Å². The van der Waals surface area contributed by atoms with E-state index in [2.05, 4.69) is 12.2 Å². The topological polar surface area (TPSA) is 12.0 Å². The Morgan fingerprint density at radius 2 is 2.57 bits per heavy atom. The minimum atomic E-state index is 0.611. The van der Waals surface area contributed by atoms with E-state index in [1.165, 1.54) is 19.4 Å². The number of fused-ring (bicyclic) bond motifs is 1. The predicted molar refractivity (Wildman–Crippen MR) is 29.1 cm³/mol. The van der Waals surface area contributed by atoms with E-state index in [4.69, 9.17) is 0 Å². The quantitative estimate of drug-likeness (QED) is 0.470. The zero-order chi connectivity index (χ0) is 4.91. The fourth-order valence-electron chi connectivity index (χ4n) is 1.62. The maximum atomic E-state index is 3.47. The standard InChI is InChI=1S/C6H11N/c1-6-4-5(6)2-3-7-6/h5,7H,2-4H2,1H3/t5-,6+/m1/s1. The molecule has 1 heteroatoms. The Labute approximate surface area is 44.1 Å². The van der Waals surface area contributed by atoms with Crippen LogP contribution in [0.4, 0.5) is 0 Å². The van der Waals surface area contributed by atoms with Crippen molar-refractivity contribution in [1.29, 1.82) is 0 Å². The van der Waals surface area contributed by atoms with E-state index < -0.39 is 0 Å². The normalized spacial score (nSPS) is 57.0. The summed E-state index contributed by atoms with van der Waals surface area (Å²) in [7, 11) is 0. The van der Waals surface area contributed by atoms with Crippen molar-refractivity contribution in [3.05, 3.63) is 0 Å². The van der Waals surface area contributed by atoms with Crippen LogP contribution in [0, 0.1) is 5.92 Å². The van der Waals surface area contributed by atoms with Gasteiger partial charge in [-0.3, -0.25) is 0 Å². The van der Waals surface area contributed by atoms with Crippen LogP contribution in [0.5, 0.6) is 0 Å². The lowest BCUT2D eigenvalue weighted by Gasteiger charge is -2.01. The molecule has 0 unspecified atom stereocenters. The van der Waals surface area contributed by atoms with Crippen molar-refractivity contribution in [1.82, 2.24) is 5.32 Å². The highest BCUT2D eigenvalue weighted by Gasteiger charge is 2.52. The zero-order valence-corrected chi connectivity index (χ0v) is 4.70. The van der Waals surface area contributed by atoms with Gasteiger partial charge in [0.25, 0.3) is 0 Å². The summed E-state index contributed by atoms with van der Waals surface area (Å²) < 4.78 is 0. The number of piperidine rings is 1. The van der Waals surface area contributed by atoms with E-state index in [9.17, 15) is 0 Å². The van der Waals surface area contributed by atoms with Crippen LogP contribution in [0.15, 0.2) is 0 Å². The molecule has 0 aromatic carbocycles. The van der Waals surface area contributed by atoms with Crippen molar-refractivity contribution < 1.29 is 0 Å². The maximum Gasteiger partial charge on any atom is 0.0186 e. The average molecular weight is 97.2 g/mol. The summed E-state index contributed by atoms with van der Waals surface area (Å²) in [6.07, 6.45) is 2.86. The highest BCUT2D eigenvalue weighted by atomic mass is 15.1. The number of nitrogens with one attached hydrogen (secondary N) is 1. The molecule has 2 fully saturated rings. The molecule has 1 aliphatic carbocycles. The Kier molecular flexibility index (Phi) is 0.487. The first kappa shape index (κ1) is 3.90. The first-order chi connectivity index (χ1) is 3.31. The summed E-state index contributed by atoms with van der Waals surface area (Å²) in [4.78, 5) is 0. The maximum absolute atomic E-state index is 3.47. The van der Waals surface area contributed by atoms with Gasteiger partial charge in [-0.2, -0.15) is 0 Å². The molecule has 40 valence electrons. The van der Waals surface area contributed by atoms with Gasteiger partial charge in [0.15, 0.2) is 0 Å². The molecule has 1 N–H and O–H groups in total. The first-order valence-corrected chi connectivity index (χ1v) is 3.06. The van der Waals surface area contributed by atoms with E-state index in [1.54, 1.807) is 0 Å². The van der Waals surface area contributed by atoms with E-state index in [0.29, 0.717) is 5.54 Å². The average Bonchev–Trinajstić information content (AvgIpc) is 2.09. The van der Waals surface area contributed by atoms with Gasteiger partial charge in [-0.15, -0.1) is 0 Å². The molecule has 2 rings (SSSR count). The van der Waals surface area contributed by atoms with Crippen molar-refractivity contribution in [2.45, 2.75) is 25.3 Å². The van der Waals surface area contributed by atoms with Crippen LogP contribution in [0.25, 0.3) is 0 Å². The Morgan fingerprint density at radius 3 is 2.71 bits per heavy atom. The lowest BCUT2D eigenvalue weighted by molar-refractivity contribution is 0.601. The van der Waals surface area contributed by atoms with Crippen LogP contribution in [0.3, 0.4) is 0 Å². The molecule has 0 amide bonds. The van der Waals surface area contributed by atoms with Gasteiger partial charge in [0.2, 0.25) is 0 Å². The van der Waals surface area contributed by atoms with Gasteiger partial charge >= 0.3 is 0 Å². The third-order valence-corrected chi connectivity index (χ3v) is 2.43. The number of hydrogen-bond acceptors (Lipinski definition) is 1. The SMILES string of the molecule is C[C@]12C[C@H]1CCN2. The Morgan fingerprint density at radius 1 is 1.71 bits per heavy atom. The third kappa shape index (κ3) is 0.367. The highest BCUT2D eigenvalue weighted by molar-refractivity contribution is 5.10. The summed E-state index contributed by atoms with van der Waals surface area (Å²) in [5.74, 6) is 1.05. The second kappa shape index (κ2) is 0.873. The molecule has 2 aliphatic rings. The van der Waals surface area contributed by atoms with Gasteiger partial charge in [0, 0.05) is 5.54 Å². The minimum Gasteiger partial charge on any atom is -0.311 e. The molecule has 7 heavy (non-hydrogen) atoms. The predicted octanol–water partition coefficient (Wildman–Crippen LogP) is 0.758. The Balaban J connectivity index is 2.17. The van der Waals surface area contributed by atoms with Gasteiger partial charge < -0.3 is 5.32 Å². The smallest absolute Gasteiger partial charge is 0.0186 e. The van der Waals surface area contributed by atoms with Crippen LogP contribution in [-0.4, -0.2) is 12.1 Å². The second-order valence-corrected chi connectivity index (χ2v) is 3.03. The molecule has 0 radical (unpaired) electrons. The summed E-state index contributed by atoms with van der Waals surface area (Å²) in [6, 6.07) is 0. The third-order valence-electron chi connectivity index (χ3n) is 2.43. The fraction of sp³-hybridized carbons (Fsp3) is 1.00. The van der Waals surface area contributed by atoms with Gasteiger partial charge in [0.05, 0.1) is 0 Å². The van der Waals surface area contributed by atoms with Crippen molar-refractivity contribution in [2.75, 3.05) is 6.54 Å². The summed E-state index contributed by atoms with van der Waals surface area (Å²) in [6.45, 7) is 3.59. The molecule has 1 nitrogen and oxygen atoms in total. The summed E-state index contributed by atoms with van der Waals surface area (Å²) in [5.41, 5.74) is 0.611. The zero-order valence-electron chi connectivity index (χ0n) is 4.70. The first-order valence-electron chi connectivity index (χ1n) is 3.06. The van der Waals surface area contributed by atoms with E-state index in [1.807, 2.05) is 0 Å². The van der Waals surface area contributed by atoms with Gasteiger partial charge in [0.1, 0.15) is 0 Å². The van der Waals surface area contributed by atoms with Crippen LogP contribution in [0.1, 0.15) is 19.8 Å². The highest BCUT2D eigenvalue weighted by Crippen LogP contribution is 2.48. The molecule has 1 saturated carbocycles. The van der Waals surface area contributed by atoms with Gasteiger partial charge in [-0.05, 0) is 32.2 Å². The molecule has 0 bridgehead atoms. The van der Waals surface area contributed by atoms with Crippen LogP contribution >= 0.6 is 0 Å². The molecule has 0 aromatic rings. The number of rotatable bonds is 0. The summed E-state index contributed by atoms with van der Waals surface area (Å²) >= 11 is 0. The van der Waals surface area contributed by atoms with Crippen molar-refractivity contribution in [3.63, 3.8) is 0 Å². The number of hydrogen-bond donors (Lipinski definition) is 1. The molecular formula is C6H11N. The van der Waals surface area contributed by atoms with E-state index >= 15 is 0 Å². The molecule has 0 spiro atoms. The molecular weight excluding hydrogens is 86.1 g/mol. The Hall–Kier alpha value is -0.0400. The van der Waals surface area contributed by atoms with Gasteiger partial charge in [-0.1, -0.05) is 0 Å². The second-order valence-electron chi connectivity index (χ2n) is 3.03. The lowest BCUT2D eigenvalue weighted by Crippen LogP contribution is -2.23. The molecule has 0 aromatic heterocycles. The largest absolute Gasteiger partial charge is 0.311 e. The molecule has 2 atom stereocenters. The Bertz CT molecular complexity index is 98.4. The minimum absolute atomic E-state index is 0.611. The molecule has 1 saturated heterocycles. The summed E-state index contributed by atoms with van der Waals surface area (Å²) in [5, 5.41) is 3.47. The van der Waals surface area contributed by atoms with Gasteiger partial charge in [-0.25, -0.2) is 0 Å². The van der Waals surface area contributed by atoms with Crippen molar-refractivity contribution in [3.8, 4) is 0 Å². The van der Waals surface area contributed by atoms with Crippen LogP contribution < -0.4 is 5.32 Å². The molecule has 1 heterocycles. The van der Waals surface area contributed by atoms with Crippen LogP contribution in [0.2, 0.25) is 0 Å². The fourth-order valence-corrected chi connectivity index (χ4v) is 1.62. The van der Waals surface area contributed by atoms with Crippen LogP contribution in [-0.2, 0) is 0 Å². The lowest BCUT2D eigenvalue weighted by atomic mass is 10.3.